The Balaban J connectivity index is 2.28. The fourth-order valence-electron chi connectivity index (χ4n) is 2.06. The minimum absolute atomic E-state index is 0.150. The molecule has 0 saturated carbocycles. The lowest BCUT2D eigenvalue weighted by molar-refractivity contribution is -0.401. The maximum atomic E-state index is 11.1. The van der Waals surface area contributed by atoms with Crippen LogP contribution in [0.1, 0.15) is 10.5 Å². The Labute approximate surface area is 117 Å². The lowest BCUT2D eigenvalue weighted by Gasteiger charge is -2.05. The third-order valence-electron chi connectivity index (χ3n) is 2.97. The van der Waals surface area contributed by atoms with E-state index in [1.54, 1.807) is 24.3 Å². The van der Waals surface area contributed by atoms with E-state index in [2.05, 4.69) is 4.98 Å². The molecule has 21 heavy (non-hydrogen) atoms. The standard InChI is InChI=1S/C14H8N2O5/c17-14(18)11-7-9(8-3-1-2-4-10(8)15-11)12-5-6-13(21-12)16(19)20/h1-7H,(H,17,18). The van der Waals surface area contributed by atoms with Crippen LogP contribution in [0.15, 0.2) is 46.9 Å². The molecule has 1 aromatic carbocycles. The molecule has 0 amide bonds. The first-order valence-corrected chi connectivity index (χ1v) is 5.94. The number of carboxylic acid groups (broad SMARTS) is 1. The van der Waals surface area contributed by atoms with Gasteiger partial charge in [0, 0.05) is 10.9 Å². The number of aromatic carboxylic acids is 1. The van der Waals surface area contributed by atoms with Crippen molar-refractivity contribution in [3.05, 3.63) is 58.3 Å². The van der Waals surface area contributed by atoms with E-state index < -0.39 is 16.8 Å². The summed E-state index contributed by atoms with van der Waals surface area (Å²) in [4.78, 5) is 25.2. The summed E-state index contributed by atoms with van der Waals surface area (Å²) >= 11 is 0. The minimum Gasteiger partial charge on any atom is -0.477 e. The SMILES string of the molecule is O=C(O)c1cc(-c2ccc([N+](=O)[O-])o2)c2ccccc2n1. The number of hydrogen-bond acceptors (Lipinski definition) is 5. The van der Waals surface area contributed by atoms with Crippen molar-refractivity contribution in [2.45, 2.75) is 0 Å². The van der Waals surface area contributed by atoms with Crippen LogP contribution in [0.5, 0.6) is 0 Å². The highest BCUT2D eigenvalue weighted by Crippen LogP contribution is 2.32. The lowest BCUT2D eigenvalue weighted by Crippen LogP contribution is -2.01. The molecule has 2 aromatic heterocycles. The molecule has 0 bridgehead atoms. The van der Waals surface area contributed by atoms with Crippen LogP contribution in [0.2, 0.25) is 0 Å². The summed E-state index contributed by atoms with van der Waals surface area (Å²) in [7, 11) is 0. The maximum absolute atomic E-state index is 11.1. The molecule has 0 spiro atoms. The number of furan rings is 1. The number of hydrogen-bond donors (Lipinski definition) is 1. The summed E-state index contributed by atoms with van der Waals surface area (Å²) in [5.74, 6) is -1.35. The number of benzene rings is 1. The third-order valence-corrected chi connectivity index (χ3v) is 2.97. The van der Waals surface area contributed by atoms with Gasteiger partial charge < -0.3 is 9.52 Å². The van der Waals surface area contributed by atoms with Gasteiger partial charge in [-0.3, -0.25) is 10.1 Å². The van der Waals surface area contributed by atoms with E-state index in [1.807, 2.05) is 0 Å². The van der Waals surface area contributed by atoms with Crippen LogP contribution in [0.25, 0.3) is 22.2 Å². The first-order chi connectivity index (χ1) is 10.1. The molecule has 0 aliphatic rings. The zero-order valence-electron chi connectivity index (χ0n) is 10.5. The number of nitro groups is 1. The van der Waals surface area contributed by atoms with Crippen molar-refractivity contribution in [2.24, 2.45) is 0 Å². The topological polar surface area (TPSA) is 106 Å². The second-order valence-electron chi connectivity index (χ2n) is 4.27. The summed E-state index contributed by atoms with van der Waals surface area (Å²) in [6.45, 7) is 0. The smallest absolute Gasteiger partial charge is 0.433 e. The molecule has 0 saturated heterocycles. The van der Waals surface area contributed by atoms with Crippen LogP contribution in [0.4, 0.5) is 5.88 Å². The highest BCUT2D eigenvalue weighted by Gasteiger charge is 2.17. The number of para-hydroxylation sites is 1. The predicted molar refractivity (Wildman–Crippen MR) is 73.1 cm³/mol. The molecule has 7 nitrogen and oxygen atoms in total. The zero-order chi connectivity index (χ0) is 15.0. The quantitative estimate of drug-likeness (QED) is 0.585. The molecule has 0 atom stereocenters. The van der Waals surface area contributed by atoms with Crippen molar-refractivity contribution in [1.82, 2.24) is 4.98 Å². The van der Waals surface area contributed by atoms with E-state index in [9.17, 15) is 14.9 Å². The van der Waals surface area contributed by atoms with Crippen LogP contribution in [-0.4, -0.2) is 21.0 Å². The molecule has 7 heteroatoms. The van der Waals surface area contributed by atoms with E-state index in [4.69, 9.17) is 9.52 Å². The molecule has 0 aliphatic heterocycles. The van der Waals surface area contributed by atoms with Gasteiger partial charge in [-0.2, -0.15) is 0 Å². The molecule has 0 aliphatic carbocycles. The number of pyridine rings is 1. The Morgan fingerprint density at radius 2 is 2.00 bits per heavy atom. The third kappa shape index (κ3) is 2.20. The maximum Gasteiger partial charge on any atom is 0.433 e. The fraction of sp³-hybridized carbons (Fsp3) is 0. The van der Waals surface area contributed by atoms with Crippen LogP contribution >= 0.6 is 0 Å². The molecule has 2 heterocycles. The van der Waals surface area contributed by atoms with Crippen molar-refractivity contribution >= 4 is 22.8 Å². The Kier molecular flexibility index (Phi) is 2.87. The van der Waals surface area contributed by atoms with Gasteiger partial charge in [-0.1, -0.05) is 18.2 Å². The molecular weight excluding hydrogens is 276 g/mol. The average Bonchev–Trinajstić information content (AvgIpc) is 2.96. The van der Waals surface area contributed by atoms with E-state index >= 15 is 0 Å². The zero-order valence-corrected chi connectivity index (χ0v) is 10.5. The number of nitrogens with zero attached hydrogens (tertiary/aromatic N) is 2. The van der Waals surface area contributed by atoms with Gasteiger partial charge in [-0.25, -0.2) is 9.78 Å². The summed E-state index contributed by atoms with van der Waals surface area (Å²) in [6.07, 6.45) is 0. The Hall–Kier alpha value is -3.22. The van der Waals surface area contributed by atoms with Crippen LogP contribution < -0.4 is 0 Å². The van der Waals surface area contributed by atoms with Crippen molar-refractivity contribution in [3.8, 4) is 11.3 Å². The number of carboxylic acids is 1. The van der Waals surface area contributed by atoms with Gasteiger partial charge in [0.05, 0.1) is 11.6 Å². The van der Waals surface area contributed by atoms with Crippen LogP contribution in [-0.2, 0) is 0 Å². The summed E-state index contributed by atoms with van der Waals surface area (Å²) in [5.41, 5.74) is 0.778. The molecule has 3 rings (SSSR count). The summed E-state index contributed by atoms with van der Waals surface area (Å²) in [5, 5.41) is 20.5. The van der Waals surface area contributed by atoms with Gasteiger partial charge in [-0.05, 0) is 18.2 Å². The molecule has 0 fully saturated rings. The van der Waals surface area contributed by atoms with Crippen LogP contribution in [0.3, 0.4) is 0 Å². The van der Waals surface area contributed by atoms with Gasteiger partial charge in [0.25, 0.3) is 0 Å². The molecule has 3 aromatic rings. The lowest BCUT2D eigenvalue weighted by atomic mass is 10.1. The van der Waals surface area contributed by atoms with Gasteiger partial charge in [0.2, 0.25) is 0 Å². The summed E-state index contributed by atoms with van der Waals surface area (Å²) < 4.78 is 5.15. The average molecular weight is 284 g/mol. The van der Waals surface area contributed by atoms with Gasteiger partial charge in [0.1, 0.15) is 16.4 Å². The van der Waals surface area contributed by atoms with Crippen molar-refractivity contribution in [1.29, 1.82) is 0 Å². The molecule has 104 valence electrons. The Morgan fingerprint density at radius 3 is 2.67 bits per heavy atom. The molecule has 0 unspecified atom stereocenters. The van der Waals surface area contributed by atoms with Gasteiger partial charge >= 0.3 is 11.9 Å². The number of carbonyl (C=O) groups is 1. The molecular formula is C14H8N2O5. The van der Waals surface area contributed by atoms with E-state index in [-0.39, 0.29) is 11.5 Å². The predicted octanol–water partition coefficient (Wildman–Crippen LogP) is 3.10. The van der Waals surface area contributed by atoms with E-state index in [0.29, 0.717) is 16.5 Å². The number of rotatable bonds is 3. The highest BCUT2D eigenvalue weighted by molar-refractivity contribution is 5.98. The largest absolute Gasteiger partial charge is 0.477 e. The Morgan fingerprint density at radius 1 is 1.24 bits per heavy atom. The fourth-order valence-corrected chi connectivity index (χ4v) is 2.06. The van der Waals surface area contributed by atoms with Crippen molar-refractivity contribution < 1.29 is 19.2 Å². The van der Waals surface area contributed by atoms with Gasteiger partial charge in [0.15, 0.2) is 0 Å². The van der Waals surface area contributed by atoms with Crippen LogP contribution in [0, 0.1) is 10.1 Å². The van der Waals surface area contributed by atoms with E-state index in [1.165, 1.54) is 18.2 Å². The normalized spacial score (nSPS) is 10.7. The Bertz CT molecular complexity index is 869. The highest BCUT2D eigenvalue weighted by atomic mass is 16.6. The van der Waals surface area contributed by atoms with Gasteiger partial charge in [-0.15, -0.1) is 0 Å². The molecule has 0 radical (unpaired) electrons. The second kappa shape index (κ2) is 4.71. The van der Waals surface area contributed by atoms with Crippen molar-refractivity contribution in [2.75, 3.05) is 0 Å². The second-order valence-corrected chi connectivity index (χ2v) is 4.27. The molecule has 1 N–H and O–H groups in total. The van der Waals surface area contributed by atoms with E-state index in [0.717, 1.165) is 0 Å². The first kappa shape index (κ1) is 12.8. The summed E-state index contributed by atoms with van der Waals surface area (Å²) in [6, 6.07) is 10.9. The minimum atomic E-state index is -1.18. The number of aromatic nitrogens is 1. The first-order valence-electron chi connectivity index (χ1n) is 5.94. The monoisotopic (exact) mass is 284 g/mol. The van der Waals surface area contributed by atoms with Crippen molar-refractivity contribution in [3.63, 3.8) is 0 Å². The number of fused-ring (bicyclic) bond motifs is 1.